The van der Waals surface area contributed by atoms with E-state index in [1.807, 2.05) is 26.0 Å². The van der Waals surface area contributed by atoms with E-state index in [-0.39, 0.29) is 5.78 Å². The summed E-state index contributed by atoms with van der Waals surface area (Å²) >= 11 is 2.26. The van der Waals surface area contributed by atoms with Crippen molar-refractivity contribution >= 4 is 39.8 Å². The van der Waals surface area contributed by atoms with Gasteiger partial charge in [0, 0.05) is 21.3 Å². The quantitative estimate of drug-likeness (QED) is 0.676. The molecule has 1 aromatic rings. The largest absolute Gasteiger partial charge is 0.294 e. The molecule has 14 heavy (non-hydrogen) atoms. The van der Waals surface area contributed by atoms with E-state index in [1.54, 1.807) is 0 Å². The van der Waals surface area contributed by atoms with Crippen molar-refractivity contribution in [3.05, 3.63) is 26.8 Å². The molecule has 2 nitrogen and oxygen atoms in total. The van der Waals surface area contributed by atoms with Crippen LogP contribution in [0, 0.1) is 10.5 Å². The third-order valence-corrected chi connectivity index (χ3v) is 3.47. The summed E-state index contributed by atoms with van der Waals surface area (Å²) in [6.45, 7) is 3.91. The highest BCUT2D eigenvalue weighted by molar-refractivity contribution is 14.1. The first-order valence-electron chi connectivity index (χ1n) is 4.45. The first kappa shape index (κ1) is 9.83. The van der Waals surface area contributed by atoms with Crippen LogP contribution in [-0.2, 0) is 0 Å². The van der Waals surface area contributed by atoms with Crippen molar-refractivity contribution in [3.8, 4) is 0 Å². The van der Waals surface area contributed by atoms with Crippen LogP contribution in [0.2, 0.25) is 0 Å². The van der Waals surface area contributed by atoms with E-state index in [4.69, 9.17) is 0 Å². The van der Waals surface area contributed by atoms with E-state index in [9.17, 15) is 4.79 Å². The molecular weight excluding hydrogens is 289 g/mol. The molecule has 2 rings (SSSR count). The molecule has 0 spiro atoms. The molecule has 0 saturated carbocycles. The minimum atomic E-state index is 0.187. The van der Waals surface area contributed by atoms with Gasteiger partial charge in [0.15, 0.2) is 5.78 Å². The van der Waals surface area contributed by atoms with Gasteiger partial charge in [-0.25, -0.2) is 0 Å². The van der Waals surface area contributed by atoms with Crippen molar-refractivity contribution in [1.29, 1.82) is 0 Å². The fraction of sp³-hybridized carbons (Fsp3) is 0.273. The van der Waals surface area contributed by atoms with Gasteiger partial charge < -0.3 is 0 Å². The number of halogens is 1. The van der Waals surface area contributed by atoms with Gasteiger partial charge >= 0.3 is 0 Å². The van der Waals surface area contributed by atoms with Crippen LogP contribution in [-0.4, -0.2) is 11.5 Å². The average Bonchev–Trinajstić information content (AvgIpc) is 2.08. The number of ketones is 1. The number of benzene rings is 1. The molecule has 1 heterocycles. The summed E-state index contributed by atoms with van der Waals surface area (Å²) < 4.78 is 1.16. The Kier molecular flexibility index (Phi) is 2.43. The summed E-state index contributed by atoms with van der Waals surface area (Å²) in [6.07, 6.45) is 0.465. The van der Waals surface area contributed by atoms with Gasteiger partial charge in [-0.1, -0.05) is 0 Å². The number of aryl methyl sites for hydroxylation is 1. The number of fused-ring (bicyclic) bond motifs is 1. The summed E-state index contributed by atoms with van der Waals surface area (Å²) in [4.78, 5) is 16.1. The molecule has 1 aliphatic heterocycles. The number of hydrogen-bond acceptors (Lipinski definition) is 2. The molecule has 1 aromatic carbocycles. The van der Waals surface area contributed by atoms with Gasteiger partial charge in [0.25, 0.3) is 0 Å². The van der Waals surface area contributed by atoms with Gasteiger partial charge in [-0.2, -0.15) is 0 Å². The van der Waals surface area contributed by atoms with Crippen LogP contribution in [0.25, 0.3) is 0 Å². The smallest absolute Gasteiger partial charge is 0.170 e. The number of carbonyl (C=O) groups is 1. The van der Waals surface area contributed by atoms with Gasteiger partial charge in [0.05, 0.1) is 5.69 Å². The van der Waals surface area contributed by atoms with Crippen molar-refractivity contribution in [1.82, 2.24) is 0 Å². The molecule has 0 amide bonds. The van der Waals surface area contributed by atoms with Crippen LogP contribution in [0.1, 0.15) is 29.3 Å². The van der Waals surface area contributed by atoms with E-state index >= 15 is 0 Å². The molecule has 1 aliphatic rings. The lowest BCUT2D eigenvalue weighted by Gasteiger charge is -2.13. The van der Waals surface area contributed by atoms with E-state index < -0.39 is 0 Å². The number of hydrogen-bond donors (Lipinski definition) is 0. The van der Waals surface area contributed by atoms with Crippen LogP contribution in [0.3, 0.4) is 0 Å². The van der Waals surface area contributed by atoms with E-state index in [0.717, 1.165) is 26.1 Å². The molecule has 0 saturated heterocycles. The maximum Gasteiger partial charge on any atom is 0.170 e. The Morgan fingerprint density at radius 2 is 2.07 bits per heavy atom. The number of Topliss-reactive ketones (excluding diaryl/α,β-unsaturated/α-hetero) is 1. The molecule has 3 heteroatoms. The van der Waals surface area contributed by atoms with Gasteiger partial charge in [-0.15, -0.1) is 0 Å². The fourth-order valence-electron chi connectivity index (χ4n) is 1.56. The second-order valence-electron chi connectivity index (χ2n) is 3.57. The predicted octanol–water partition coefficient (Wildman–Crippen LogP) is 3.28. The Bertz CT molecular complexity index is 449. The molecule has 0 radical (unpaired) electrons. The first-order valence-corrected chi connectivity index (χ1v) is 5.53. The summed E-state index contributed by atoms with van der Waals surface area (Å²) in [5, 5.41) is 0. The number of aliphatic imine (C=N–C) groups is 1. The maximum atomic E-state index is 11.7. The highest BCUT2D eigenvalue weighted by atomic mass is 127. The Hall–Kier alpha value is -0.710. The minimum absolute atomic E-state index is 0.187. The van der Waals surface area contributed by atoms with Gasteiger partial charge in [0.1, 0.15) is 0 Å². The van der Waals surface area contributed by atoms with E-state index in [0.29, 0.717) is 6.42 Å². The molecule has 0 aromatic heterocycles. The predicted molar refractivity (Wildman–Crippen MR) is 65.6 cm³/mol. The molecule has 0 aliphatic carbocycles. The zero-order chi connectivity index (χ0) is 10.3. The van der Waals surface area contributed by atoms with E-state index in [1.165, 1.54) is 0 Å². The molecule has 72 valence electrons. The Labute approximate surface area is 96.6 Å². The molecule has 0 N–H and O–H groups in total. The summed E-state index contributed by atoms with van der Waals surface area (Å²) in [6, 6.07) is 3.92. The third kappa shape index (κ3) is 1.61. The Morgan fingerprint density at radius 1 is 1.36 bits per heavy atom. The lowest BCUT2D eigenvalue weighted by Crippen LogP contribution is -2.11. The van der Waals surface area contributed by atoms with Crippen LogP contribution in [0.4, 0.5) is 5.69 Å². The van der Waals surface area contributed by atoms with Crippen LogP contribution >= 0.6 is 22.6 Å². The van der Waals surface area contributed by atoms with Crippen molar-refractivity contribution < 1.29 is 4.79 Å². The number of carbonyl (C=O) groups excluding carboxylic acids is 1. The Morgan fingerprint density at radius 3 is 2.79 bits per heavy atom. The zero-order valence-corrected chi connectivity index (χ0v) is 10.3. The molecule has 0 unspecified atom stereocenters. The summed E-state index contributed by atoms with van der Waals surface area (Å²) in [7, 11) is 0. The molecular formula is C11H10INO. The van der Waals surface area contributed by atoms with Gasteiger partial charge in [-0.3, -0.25) is 9.79 Å². The molecule has 0 atom stereocenters. The van der Waals surface area contributed by atoms with Crippen LogP contribution in [0.15, 0.2) is 17.1 Å². The fourth-order valence-corrected chi connectivity index (χ4v) is 2.01. The molecule has 0 fully saturated rings. The monoisotopic (exact) mass is 299 g/mol. The van der Waals surface area contributed by atoms with E-state index in [2.05, 4.69) is 27.6 Å². The highest BCUT2D eigenvalue weighted by Gasteiger charge is 2.18. The lowest BCUT2D eigenvalue weighted by atomic mass is 9.99. The topological polar surface area (TPSA) is 29.4 Å². The van der Waals surface area contributed by atoms with Crippen LogP contribution in [0.5, 0.6) is 0 Å². The number of rotatable bonds is 0. The number of nitrogens with zero attached hydrogens (tertiary/aromatic N) is 1. The lowest BCUT2D eigenvalue weighted by molar-refractivity contribution is 0.0999. The van der Waals surface area contributed by atoms with Crippen molar-refractivity contribution in [2.45, 2.75) is 20.3 Å². The first-order chi connectivity index (χ1) is 6.58. The van der Waals surface area contributed by atoms with Gasteiger partial charge in [0.2, 0.25) is 0 Å². The average molecular weight is 299 g/mol. The summed E-state index contributed by atoms with van der Waals surface area (Å²) in [5.41, 5.74) is 3.65. The van der Waals surface area contributed by atoms with Crippen molar-refractivity contribution in [2.75, 3.05) is 0 Å². The van der Waals surface area contributed by atoms with Crippen molar-refractivity contribution in [2.24, 2.45) is 4.99 Å². The zero-order valence-electron chi connectivity index (χ0n) is 8.10. The van der Waals surface area contributed by atoms with Crippen molar-refractivity contribution in [3.63, 3.8) is 0 Å². The highest BCUT2D eigenvalue weighted by Crippen LogP contribution is 2.29. The minimum Gasteiger partial charge on any atom is -0.294 e. The maximum absolute atomic E-state index is 11.7. The second-order valence-corrected chi connectivity index (χ2v) is 4.73. The second kappa shape index (κ2) is 3.46. The van der Waals surface area contributed by atoms with Crippen LogP contribution < -0.4 is 0 Å². The SMILES string of the molecule is CC1=Nc2cc(I)c(C)cc2C(=O)C1. The summed E-state index contributed by atoms with van der Waals surface area (Å²) in [5.74, 6) is 0.187. The molecule has 0 bridgehead atoms. The Balaban J connectivity index is 2.67. The van der Waals surface area contributed by atoms with Gasteiger partial charge in [-0.05, 0) is 54.1 Å². The third-order valence-electron chi connectivity index (χ3n) is 2.31. The standard InChI is InChI=1S/C11H10INO/c1-6-3-8-10(5-9(6)12)13-7(2)4-11(8)14/h3,5H,4H2,1-2H3. The normalized spacial score (nSPS) is 15.1.